The van der Waals surface area contributed by atoms with Gasteiger partial charge in [0.05, 0.1) is 15.7 Å². The van der Waals surface area contributed by atoms with Crippen LogP contribution < -0.4 is 5.73 Å². The number of halogens is 1. The van der Waals surface area contributed by atoms with E-state index in [1.54, 1.807) is 14.1 Å². The number of benzene rings is 1. The lowest BCUT2D eigenvalue weighted by Crippen LogP contribution is -2.21. The molecule has 0 saturated carbocycles. The molecule has 4 nitrogen and oxygen atoms in total. The van der Waals surface area contributed by atoms with Gasteiger partial charge in [-0.1, -0.05) is 0 Å². The fourth-order valence-electron chi connectivity index (χ4n) is 1.39. The molecule has 0 radical (unpaired) electrons. The normalized spacial score (nSPS) is 12.2. The number of nitrogens with two attached hydrogens (primary N) is 1. The fraction of sp³-hybridized carbons (Fsp3) is 0.417. The second kappa shape index (κ2) is 6.49. The lowest BCUT2D eigenvalue weighted by atomic mass is 10.3. The van der Waals surface area contributed by atoms with Gasteiger partial charge in [-0.2, -0.15) is 0 Å². The summed E-state index contributed by atoms with van der Waals surface area (Å²) in [4.78, 5) is 13.1. The van der Waals surface area contributed by atoms with Crippen LogP contribution in [0.15, 0.2) is 23.1 Å². The standard InChI is InChI=1S/C12H17FN2O2S/c1-15(2)12(16)4-3-7-18(17)11-8-9(13)5-6-10(11)14/h5-6,8H,3-4,7,14H2,1-2H3. The molecule has 100 valence electrons. The van der Waals surface area contributed by atoms with E-state index >= 15 is 0 Å². The highest BCUT2D eigenvalue weighted by atomic mass is 32.2. The van der Waals surface area contributed by atoms with Crippen LogP contribution in [0.25, 0.3) is 0 Å². The van der Waals surface area contributed by atoms with Crippen LogP contribution in [0.5, 0.6) is 0 Å². The largest absolute Gasteiger partial charge is 0.398 e. The van der Waals surface area contributed by atoms with E-state index in [0.717, 1.165) is 0 Å². The molecule has 1 atom stereocenters. The van der Waals surface area contributed by atoms with E-state index in [4.69, 9.17) is 5.73 Å². The van der Waals surface area contributed by atoms with E-state index in [1.165, 1.54) is 23.1 Å². The van der Waals surface area contributed by atoms with Crippen molar-refractivity contribution in [2.24, 2.45) is 0 Å². The molecule has 6 heteroatoms. The van der Waals surface area contributed by atoms with Crippen molar-refractivity contribution in [2.45, 2.75) is 17.7 Å². The highest BCUT2D eigenvalue weighted by Crippen LogP contribution is 2.18. The molecule has 0 aliphatic rings. The molecule has 0 heterocycles. The maximum atomic E-state index is 13.0. The van der Waals surface area contributed by atoms with Crippen molar-refractivity contribution < 1.29 is 13.4 Å². The summed E-state index contributed by atoms with van der Waals surface area (Å²) in [6.45, 7) is 0. The predicted molar refractivity (Wildman–Crippen MR) is 70.0 cm³/mol. The summed E-state index contributed by atoms with van der Waals surface area (Å²) in [5.41, 5.74) is 5.95. The SMILES string of the molecule is CN(C)C(=O)CCCS(=O)c1cc(F)ccc1N. The van der Waals surface area contributed by atoms with Gasteiger partial charge in [0.15, 0.2) is 0 Å². The second-order valence-corrected chi connectivity index (χ2v) is 5.66. The number of nitrogen functional groups attached to an aromatic ring is 1. The molecule has 0 aromatic heterocycles. The van der Waals surface area contributed by atoms with Gasteiger partial charge in [0.25, 0.3) is 0 Å². The van der Waals surface area contributed by atoms with Crippen LogP contribution in [0.2, 0.25) is 0 Å². The molecular formula is C12H17FN2O2S. The van der Waals surface area contributed by atoms with Crippen molar-refractivity contribution in [3.63, 3.8) is 0 Å². The predicted octanol–water partition coefficient (Wildman–Crippen LogP) is 1.38. The van der Waals surface area contributed by atoms with Gasteiger partial charge in [-0.15, -0.1) is 0 Å². The Morgan fingerprint density at radius 3 is 2.72 bits per heavy atom. The minimum absolute atomic E-state index is 0.0146. The molecule has 1 aromatic rings. The number of anilines is 1. The smallest absolute Gasteiger partial charge is 0.222 e. The Morgan fingerprint density at radius 1 is 1.44 bits per heavy atom. The maximum Gasteiger partial charge on any atom is 0.222 e. The lowest BCUT2D eigenvalue weighted by molar-refractivity contribution is -0.128. The van der Waals surface area contributed by atoms with Gasteiger partial charge >= 0.3 is 0 Å². The fourth-order valence-corrected chi connectivity index (χ4v) is 2.59. The summed E-state index contributed by atoms with van der Waals surface area (Å²) in [7, 11) is 1.97. The Labute approximate surface area is 108 Å². The molecule has 1 amide bonds. The Morgan fingerprint density at radius 2 is 2.11 bits per heavy atom. The van der Waals surface area contributed by atoms with Crippen molar-refractivity contribution in [2.75, 3.05) is 25.6 Å². The van der Waals surface area contributed by atoms with Gasteiger partial charge < -0.3 is 10.6 Å². The molecule has 0 bridgehead atoms. The number of carbonyl (C=O) groups excluding carboxylic acids is 1. The zero-order valence-electron chi connectivity index (χ0n) is 10.5. The number of amides is 1. The molecule has 18 heavy (non-hydrogen) atoms. The molecule has 0 spiro atoms. The van der Waals surface area contributed by atoms with Gasteiger partial charge in [0.2, 0.25) is 5.91 Å². The third-order valence-corrected chi connectivity index (χ3v) is 3.94. The van der Waals surface area contributed by atoms with Crippen LogP contribution in [-0.2, 0) is 15.6 Å². The zero-order valence-corrected chi connectivity index (χ0v) is 11.3. The van der Waals surface area contributed by atoms with Gasteiger partial charge in [-0.05, 0) is 24.6 Å². The van der Waals surface area contributed by atoms with Crippen molar-refractivity contribution in [3.05, 3.63) is 24.0 Å². The average Bonchev–Trinajstić information content (AvgIpc) is 2.31. The summed E-state index contributed by atoms with van der Waals surface area (Å²) in [6.07, 6.45) is 0.813. The summed E-state index contributed by atoms with van der Waals surface area (Å²) >= 11 is 0. The monoisotopic (exact) mass is 272 g/mol. The third kappa shape index (κ3) is 4.10. The van der Waals surface area contributed by atoms with E-state index < -0.39 is 16.6 Å². The van der Waals surface area contributed by atoms with Crippen molar-refractivity contribution in [1.82, 2.24) is 4.90 Å². The van der Waals surface area contributed by atoms with Gasteiger partial charge in [0, 0.05) is 32.0 Å². The minimum atomic E-state index is -1.37. The quantitative estimate of drug-likeness (QED) is 0.824. The van der Waals surface area contributed by atoms with Crippen molar-refractivity contribution in [3.8, 4) is 0 Å². The zero-order chi connectivity index (χ0) is 13.7. The van der Waals surface area contributed by atoms with Crippen LogP contribution in [0, 0.1) is 5.82 Å². The molecule has 0 saturated heterocycles. The Kier molecular flexibility index (Phi) is 5.27. The van der Waals surface area contributed by atoms with Gasteiger partial charge in [-0.25, -0.2) is 4.39 Å². The first-order chi connectivity index (χ1) is 8.41. The first kappa shape index (κ1) is 14.6. The molecule has 1 aromatic carbocycles. The third-order valence-electron chi connectivity index (χ3n) is 2.44. The molecule has 1 rings (SSSR count). The maximum absolute atomic E-state index is 13.0. The number of nitrogens with zero attached hydrogens (tertiary/aromatic N) is 1. The van der Waals surface area contributed by atoms with Gasteiger partial charge in [-0.3, -0.25) is 9.00 Å². The highest BCUT2D eigenvalue weighted by molar-refractivity contribution is 7.85. The van der Waals surface area contributed by atoms with E-state index in [0.29, 0.717) is 29.2 Å². The second-order valence-electron chi connectivity index (χ2n) is 4.12. The molecule has 0 fully saturated rings. The van der Waals surface area contributed by atoms with E-state index in [2.05, 4.69) is 0 Å². The summed E-state index contributed by atoms with van der Waals surface area (Å²) in [5, 5.41) is 0. The lowest BCUT2D eigenvalue weighted by Gasteiger charge is -2.10. The van der Waals surface area contributed by atoms with E-state index in [-0.39, 0.29) is 5.91 Å². The van der Waals surface area contributed by atoms with Crippen LogP contribution in [0.4, 0.5) is 10.1 Å². The van der Waals surface area contributed by atoms with Crippen LogP contribution in [0.3, 0.4) is 0 Å². The summed E-state index contributed by atoms with van der Waals surface area (Å²) < 4.78 is 24.9. The van der Waals surface area contributed by atoms with Crippen LogP contribution in [0.1, 0.15) is 12.8 Å². The summed E-state index contributed by atoms with van der Waals surface area (Å²) in [6, 6.07) is 3.80. The number of rotatable bonds is 5. The van der Waals surface area contributed by atoms with E-state index in [1.807, 2.05) is 0 Å². The van der Waals surface area contributed by atoms with Crippen LogP contribution >= 0.6 is 0 Å². The molecule has 0 aliphatic heterocycles. The van der Waals surface area contributed by atoms with Crippen molar-refractivity contribution >= 4 is 22.4 Å². The Hall–Kier alpha value is -1.43. The van der Waals surface area contributed by atoms with Crippen LogP contribution in [-0.4, -0.2) is 34.9 Å². The molecule has 2 N–H and O–H groups in total. The van der Waals surface area contributed by atoms with Crippen molar-refractivity contribution in [1.29, 1.82) is 0 Å². The average molecular weight is 272 g/mol. The number of hydrogen-bond donors (Lipinski definition) is 1. The topological polar surface area (TPSA) is 63.4 Å². The van der Waals surface area contributed by atoms with Gasteiger partial charge in [0.1, 0.15) is 5.82 Å². The first-order valence-corrected chi connectivity index (χ1v) is 6.87. The minimum Gasteiger partial charge on any atom is -0.398 e. The molecular weight excluding hydrogens is 255 g/mol. The highest BCUT2D eigenvalue weighted by Gasteiger charge is 2.11. The molecule has 1 unspecified atom stereocenters. The Balaban J connectivity index is 2.56. The first-order valence-electron chi connectivity index (χ1n) is 5.55. The number of hydrogen-bond acceptors (Lipinski definition) is 3. The number of carbonyl (C=O) groups is 1. The van der Waals surface area contributed by atoms with E-state index in [9.17, 15) is 13.4 Å². The summed E-state index contributed by atoms with van der Waals surface area (Å²) in [5.74, 6) is -0.177. The Bertz CT molecular complexity index is 463. The molecule has 0 aliphatic carbocycles.